The predicted octanol–water partition coefficient (Wildman–Crippen LogP) is 2.88. The number of carbonyl (C=O) groups excluding carboxylic acids is 1. The molecule has 0 bridgehead atoms. The number of nitro benzene ring substituents is 1. The second-order valence-corrected chi connectivity index (χ2v) is 7.44. The van der Waals surface area contributed by atoms with E-state index >= 15 is 0 Å². The summed E-state index contributed by atoms with van der Waals surface area (Å²) in [7, 11) is 0. The third kappa shape index (κ3) is 6.21. The van der Waals surface area contributed by atoms with Gasteiger partial charge in [-0.1, -0.05) is 12.1 Å². The van der Waals surface area contributed by atoms with Crippen LogP contribution in [-0.4, -0.2) is 34.0 Å². The minimum absolute atomic E-state index is 0.0997. The molecule has 0 spiro atoms. The average Bonchev–Trinajstić information content (AvgIpc) is 2.79. The Kier molecular flexibility index (Phi) is 8.01. The molecule has 0 saturated heterocycles. The summed E-state index contributed by atoms with van der Waals surface area (Å²) in [5, 5.41) is 18.8. The molecule has 0 atom stereocenters. The molecular formula is C22H24FN7O4. The molecule has 0 radical (unpaired) electrons. The molecule has 34 heavy (non-hydrogen) atoms. The van der Waals surface area contributed by atoms with E-state index in [1.165, 1.54) is 30.5 Å². The Labute approximate surface area is 193 Å². The van der Waals surface area contributed by atoms with Crippen LogP contribution in [0.1, 0.15) is 17.5 Å². The summed E-state index contributed by atoms with van der Waals surface area (Å²) in [6.07, 6.45) is 2.02. The Morgan fingerprint density at radius 2 is 2.03 bits per heavy atom. The van der Waals surface area contributed by atoms with Gasteiger partial charge < -0.3 is 16.4 Å². The predicted molar refractivity (Wildman–Crippen MR) is 126 cm³/mol. The second-order valence-electron chi connectivity index (χ2n) is 7.44. The highest BCUT2D eigenvalue weighted by molar-refractivity contribution is 5.99. The third-order valence-corrected chi connectivity index (χ3v) is 4.94. The fraction of sp³-hybridized carbons (Fsp3) is 0.227. The summed E-state index contributed by atoms with van der Waals surface area (Å²) in [6.45, 7) is 3.17. The van der Waals surface area contributed by atoms with Gasteiger partial charge in [-0.25, -0.2) is 14.2 Å². The Balaban J connectivity index is 1.67. The number of nitro groups is 1. The van der Waals surface area contributed by atoms with Gasteiger partial charge in [-0.2, -0.15) is 0 Å². The number of hydrogen-bond donors (Lipinski definition) is 5. The lowest BCUT2D eigenvalue weighted by molar-refractivity contribution is -0.384. The van der Waals surface area contributed by atoms with Crippen molar-refractivity contribution in [3.05, 3.63) is 80.0 Å². The molecule has 0 fully saturated rings. The number of carbonyl (C=O) groups is 1. The Hall–Kier alpha value is -4.16. The van der Waals surface area contributed by atoms with E-state index in [4.69, 9.17) is 5.73 Å². The van der Waals surface area contributed by atoms with Gasteiger partial charge in [0.25, 0.3) is 11.2 Å². The molecule has 0 aliphatic rings. The first kappa shape index (κ1) is 24.5. The quantitative estimate of drug-likeness (QED) is 0.182. The van der Waals surface area contributed by atoms with Crippen LogP contribution in [0.2, 0.25) is 0 Å². The van der Waals surface area contributed by atoms with Gasteiger partial charge in [0.05, 0.1) is 10.5 Å². The molecule has 0 aliphatic heterocycles. The van der Waals surface area contributed by atoms with Crippen molar-refractivity contribution in [3.8, 4) is 11.1 Å². The average molecular weight is 469 g/mol. The first-order valence-electron chi connectivity index (χ1n) is 10.4. The van der Waals surface area contributed by atoms with E-state index in [9.17, 15) is 24.1 Å². The number of anilines is 2. The molecular weight excluding hydrogens is 445 g/mol. The highest BCUT2D eigenvalue weighted by Gasteiger charge is 2.13. The van der Waals surface area contributed by atoms with E-state index in [2.05, 4.69) is 25.9 Å². The fourth-order valence-electron chi connectivity index (χ4n) is 3.14. The molecule has 6 N–H and O–H groups in total. The van der Waals surface area contributed by atoms with Crippen molar-refractivity contribution in [1.29, 1.82) is 0 Å². The Bertz CT molecular complexity index is 1260. The number of nitrogens with one attached hydrogen (secondary N) is 4. The Morgan fingerprint density at radius 3 is 2.68 bits per heavy atom. The van der Waals surface area contributed by atoms with Crippen molar-refractivity contribution >= 4 is 23.4 Å². The smallest absolute Gasteiger partial charge is 0.326 e. The Morgan fingerprint density at radius 1 is 1.24 bits per heavy atom. The lowest BCUT2D eigenvalue weighted by Gasteiger charge is -2.10. The van der Waals surface area contributed by atoms with Crippen molar-refractivity contribution in [2.45, 2.75) is 19.9 Å². The van der Waals surface area contributed by atoms with Gasteiger partial charge in [0.1, 0.15) is 5.82 Å². The van der Waals surface area contributed by atoms with Gasteiger partial charge >= 0.3 is 6.03 Å². The normalized spacial score (nSPS) is 10.7. The summed E-state index contributed by atoms with van der Waals surface area (Å²) < 4.78 is 14.4. The topological polar surface area (TPSA) is 168 Å². The zero-order valence-electron chi connectivity index (χ0n) is 18.4. The number of rotatable bonds is 9. The van der Waals surface area contributed by atoms with Crippen LogP contribution in [0.25, 0.3) is 11.1 Å². The zero-order chi connectivity index (χ0) is 24.7. The van der Waals surface area contributed by atoms with E-state index in [1.807, 2.05) is 0 Å². The number of hydrogen-bond acceptors (Lipinski definition) is 7. The van der Waals surface area contributed by atoms with Crippen LogP contribution in [0.4, 0.5) is 26.5 Å². The molecule has 12 heteroatoms. The second kappa shape index (κ2) is 11.1. The van der Waals surface area contributed by atoms with Crippen LogP contribution in [0.15, 0.2) is 47.4 Å². The van der Waals surface area contributed by atoms with Crippen molar-refractivity contribution in [2.24, 2.45) is 5.73 Å². The van der Waals surface area contributed by atoms with Crippen LogP contribution < -0.4 is 27.2 Å². The number of nitrogens with zero attached hydrogens (tertiary/aromatic N) is 2. The maximum Gasteiger partial charge on any atom is 0.326 e. The first-order valence-corrected chi connectivity index (χ1v) is 10.4. The van der Waals surface area contributed by atoms with E-state index < -0.39 is 22.3 Å². The monoisotopic (exact) mass is 469 g/mol. The maximum atomic E-state index is 14.4. The number of aromatic amines is 1. The van der Waals surface area contributed by atoms with E-state index in [0.29, 0.717) is 42.0 Å². The van der Waals surface area contributed by atoms with Crippen LogP contribution in [0.5, 0.6) is 0 Å². The maximum absolute atomic E-state index is 14.4. The highest BCUT2D eigenvalue weighted by Crippen LogP contribution is 2.22. The summed E-state index contributed by atoms with van der Waals surface area (Å²) in [5.41, 5.74) is 6.55. The number of non-ortho nitro benzene ring substituents is 1. The third-order valence-electron chi connectivity index (χ3n) is 4.94. The van der Waals surface area contributed by atoms with Crippen molar-refractivity contribution in [3.63, 3.8) is 0 Å². The molecule has 3 aromatic rings. The number of halogens is 1. The molecule has 2 amide bonds. The molecule has 2 aromatic carbocycles. The van der Waals surface area contributed by atoms with Crippen LogP contribution in [0, 0.1) is 22.9 Å². The van der Waals surface area contributed by atoms with E-state index in [-0.39, 0.29) is 17.2 Å². The minimum Gasteiger partial charge on any atom is -0.330 e. The van der Waals surface area contributed by atoms with Gasteiger partial charge in [0, 0.05) is 36.1 Å². The minimum atomic E-state index is -0.703. The van der Waals surface area contributed by atoms with Crippen LogP contribution >= 0.6 is 0 Å². The molecule has 0 saturated carbocycles. The number of H-pyrrole nitrogens is 1. The van der Waals surface area contributed by atoms with Crippen molar-refractivity contribution in [2.75, 3.05) is 23.7 Å². The van der Waals surface area contributed by atoms with Gasteiger partial charge in [0.2, 0.25) is 5.95 Å². The number of amides is 2. The van der Waals surface area contributed by atoms with E-state index in [1.54, 1.807) is 19.1 Å². The largest absolute Gasteiger partial charge is 0.330 e. The number of nitrogens with two attached hydrogens (primary N) is 1. The van der Waals surface area contributed by atoms with Crippen LogP contribution in [0.3, 0.4) is 0 Å². The number of urea groups is 1. The fourth-order valence-corrected chi connectivity index (χ4v) is 3.14. The van der Waals surface area contributed by atoms with Gasteiger partial charge in [-0.15, -0.1) is 0 Å². The van der Waals surface area contributed by atoms with Gasteiger partial charge in [-0.3, -0.25) is 25.2 Å². The van der Waals surface area contributed by atoms with Gasteiger partial charge in [0.15, 0.2) is 0 Å². The standard InChI is InChI=1S/C22H24FN7O4/c1-13-9-16(30(33)34)5-6-19(13)27-22(32)29-21-26-12-17(20(31)28-21)14-3-4-15(18(23)10-14)11-25-8-2-7-24/h3-6,9-10,12,25H,2,7-8,11,24H2,1H3,(H3,26,27,28,29,31,32). The molecule has 11 nitrogen and oxygen atoms in total. The van der Waals surface area contributed by atoms with E-state index in [0.717, 1.165) is 6.42 Å². The van der Waals surface area contributed by atoms with Crippen molar-refractivity contribution < 1.29 is 14.1 Å². The summed E-state index contributed by atoms with van der Waals surface area (Å²) >= 11 is 0. The lowest BCUT2D eigenvalue weighted by atomic mass is 10.1. The zero-order valence-corrected chi connectivity index (χ0v) is 18.4. The lowest BCUT2D eigenvalue weighted by Crippen LogP contribution is -2.23. The summed E-state index contributed by atoms with van der Waals surface area (Å²) in [6, 6.07) is 7.74. The number of aryl methyl sites for hydroxylation is 1. The highest BCUT2D eigenvalue weighted by atomic mass is 19.1. The summed E-state index contributed by atoms with van der Waals surface area (Å²) in [4.78, 5) is 41.5. The molecule has 0 unspecified atom stereocenters. The van der Waals surface area contributed by atoms with Crippen molar-refractivity contribution in [1.82, 2.24) is 15.3 Å². The molecule has 1 heterocycles. The number of aromatic nitrogens is 2. The van der Waals surface area contributed by atoms with Crippen LogP contribution in [-0.2, 0) is 6.54 Å². The molecule has 3 rings (SSSR count). The number of benzene rings is 2. The summed E-state index contributed by atoms with van der Waals surface area (Å²) in [5.74, 6) is -0.579. The SMILES string of the molecule is Cc1cc([N+](=O)[O-])ccc1NC(=O)Nc1ncc(-c2ccc(CNCCCN)c(F)c2)c(=O)[nH]1. The molecule has 0 aliphatic carbocycles. The molecule has 178 valence electrons. The molecule has 1 aromatic heterocycles. The van der Waals surface area contributed by atoms with Gasteiger partial charge in [-0.05, 0) is 49.7 Å². The first-order chi connectivity index (χ1) is 16.3.